The van der Waals surface area contributed by atoms with Gasteiger partial charge in [0.15, 0.2) is 0 Å². The number of hydrogen-bond acceptors (Lipinski definition) is 1. The summed E-state index contributed by atoms with van der Waals surface area (Å²) in [5.74, 6) is -0.316. The molecule has 0 bridgehead atoms. The molecular weight excluding hydrogens is 332 g/mol. The summed E-state index contributed by atoms with van der Waals surface area (Å²) in [6.07, 6.45) is 0.402. The fourth-order valence-electron chi connectivity index (χ4n) is 2.25. The molecule has 1 unspecified atom stereocenters. The lowest BCUT2D eigenvalue weighted by Crippen LogP contribution is -2.23. The van der Waals surface area contributed by atoms with Crippen LogP contribution in [0.5, 0.6) is 0 Å². The average molecular weight is 347 g/mol. The Bertz CT molecular complexity index is 611. The van der Waals surface area contributed by atoms with Gasteiger partial charge in [0.25, 0.3) is 0 Å². The van der Waals surface area contributed by atoms with Crippen LogP contribution in [0, 0.1) is 5.82 Å². The zero-order valence-electron chi connectivity index (χ0n) is 11.5. The Morgan fingerprint density at radius 2 is 1.86 bits per heavy atom. The third kappa shape index (κ3) is 4.10. The zero-order chi connectivity index (χ0) is 15.4. The van der Waals surface area contributed by atoms with Crippen molar-refractivity contribution in [2.45, 2.75) is 19.4 Å². The highest BCUT2D eigenvalue weighted by Crippen LogP contribution is 2.31. The molecule has 2 aromatic rings. The summed E-state index contributed by atoms with van der Waals surface area (Å²) in [6.45, 7) is 2.70. The Kier molecular flexibility index (Phi) is 5.88. The van der Waals surface area contributed by atoms with Gasteiger partial charge in [0.05, 0.1) is 0 Å². The van der Waals surface area contributed by atoms with E-state index in [-0.39, 0.29) is 11.9 Å². The van der Waals surface area contributed by atoms with Crippen LogP contribution in [0.1, 0.15) is 24.1 Å². The van der Waals surface area contributed by atoms with Gasteiger partial charge in [-0.05, 0) is 48.9 Å². The molecule has 0 fully saturated rings. The van der Waals surface area contributed by atoms with Crippen molar-refractivity contribution in [1.29, 1.82) is 0 Å². The summed E-state index contributed by atoms with van der Waals surface area (Å²) >= 11 is 18.4. The van der Waals surface area contributed by atoms with Crippen molar-refractivity contribution in [3.63, 3.8) is 0 Å². The number of rotatable bonds is 5. The van der Waals surface area contributed by atoms with Crippen LogP contribution in [0.4, 0.5) is 4.39 Å². The van der Waals surface area contributed by atoms with Crippen LogP contribution in [0.25, 0.3) is 0 Å². The van der Waals surface area contributed by atoms with Crippen LogP contribution >= 0.6 is 34.8 Å². The Hall–Kier alpha value is -0.800. The van der Waals surface area contributed by atoms with Crippen LogP contribution in [0.2, 0.25) is 15.1 Å². The van der Waals surface area contributed by atoms with Crippen LogP contribution in [-0.2, 0) is 6.42 Å². The lowest BCUT2D eigenvalue weighted by Gasteiger charge is -2.21. The van der Waals surface area contributed by atoms with E-state index in [1.165, 1.54) is 6.07 Å². The molecule has 5 heteroatoms. The molecule has 0 aromatic heterocycles. The molecule has 1 atom stereocenters. The van der Waals surface area contributed by atoms with Gasteiger partial charge < -0.3 is 5.32 Å². The van der Waals surface area contributed by atoms with Gasteiger partial charge in [0, 0.05) is 26.7 Å². The highest BCUT2D eigenvalue weighted by molar-refractivity contribution is 6.33. The first-order chi connectivity index (χ1) is 10.0. The van der Waals surface area contributed by atoms with Gasteiger partial charge >= 0.3 is 0 Å². The van der Waals surface area contributed by atoms with E-state index >= 15 is 0 Å². The van der Waals surface area contributed by atoms with Gasteiger partial charge in [0.1, 0.15) is 5.82 Å². The van der Waals surface area contributed by atoms with Crippen LogP contribution < -0.4 is 5.32 Å². The summed E-state index contributed by atoms with van der Waals surface area (Å²) in [5, 5.41) is 4.90. The smallest absolute Gasteiger partial charge is 0.127 e. The third-order valence-corrected chi connectivity index (χ3v) is 4.19. The van der Waals surface area contributed by atoms with Gasteiger partial charge in [-0.25, -0.2) is 4.39 Å². The SMILES string of the molecule is CCNC(Cc1c(F)cccc1Cl)c1cc(Cl)ccc1Cl. The summed E-state index contributed by atoms with van der Waals surface area (Å²) < 4.78 is 14.0. The molecule has 0 aliphatic rings. The van der Waals surface area contributed by atoms with E-state index in [4.69, 9.17) is 34.8 Å². The molecule has 0 saturated carbocycles. The molecule has 21 heavy (non-hydrogen) atoms. The number of likely N-dealkylation sites (N-methyl/N-ethyl adjacent to an activating group) is 1. The van der Waals surface area contributed by atoms with Crippen molar-refractivity contribution >= 4 is 34.8 Å². The third-order valence-electron chi connectivity index (χ3n) is 3.25. The van der Waals surface area contributed by atoms with Gasteiger partial charge in [-0.2, -0.15) is 0 Å². The Labute approximate surface area is 139 Å². The molecule has 0 aliphatic carbocycles. The van der Waals surface area contributed by atoms with E-state index in [2.05, 4.69) is 5.32 Å². The first-order valence-electron chi connectivity index (χ1n) is 6.64. The number of benzene rings is 2. The van der Waals surface area contributed by atoms with Crippen molar-refractivity contribution in [3.8, 4) is 0 Å². The largest absolute Gasteiger partial charge is 0.310 e. The minimum atomic E-state index is -0.316. The van der Waals surface area contributed by atoms with E-state index in [9.17, 15) is 4.39 Å². The minimum Gasteiger partial charge on any atom is -0.310 e. The topological polar surface area (TPSA) is 12.0 Å². The van der Waals surface area contributed by atoms with Gasteiger partial charge in [-0.1, -0.05) is 47.8 Å². The predicted octanol–water partition coefficient (Wildman–Crippen LogP) is 5.68. The standard InChI is InChI=1S/C16H15Cl3FN/c1-2-21-16(12-8-10(17)6-7-14(12)19)9-11-13(18)4-3-5-15(11)20/h3-8,16,21H,2,9H2,1H3. The summed E-state index contributed by atoms with van der Waals surface area (Å²) in [6, 6.07) is 9.79. The molecule has 2 rings (SSSR count). The highest BCUT2D eigenvalue weighted by atomic mass is 35.5. The molecule has 112 valence electrons. The molecule has 0 aliphatic heterocycles. The monoisotopic (exact) mass is 345 g/mol. The van der Waals surface area contributed by atoms with Gasteiger partial charge in [0.2, 0.25) is 0 Å². The van der Waals surface area contributed by atoms with E-state index < -0.39 is 0 Å². The maximum absolute atomic E-state index is 14.0. The molecule has 2 aromatic carbocycles. The van der Waals surface area contributed by atoms with Crippen LogP contribution in [0.15, 0.2) is 36.4 Å². The Morgan fingerprint density at radius 1 is 1.10 bits per heavy atom. The molecule has 0 radical (unpaired) electrons. The molecule has 1 N–H and O–H groups in total. The van der Waals surface area contributed by atoms with Crippen molar-refractivity contribution in [3.05, 3.63) is 68.4 Å². The normalized spacial score (nSPS) is 12.4. The molecule has 1 nitrogen and oxygen atoms in total. The van der Waals surface area contributed by atoms with E-state index in [0.29, 0.717) is 27.1 Å². The van der Waals surface area contributed by atoms with Gasteiger partial charge in [-0.15, -0.1) is 0 Å². The Morgan fingerprint density at radius 3 is 2.52 bits per heavy atom. The molecule has 0 spiro atoms. The van der Waals surface area contributed by atoms with Crippen molar-refractivity contribution in [1.82, 2.24) is 5.32 Å². The van der Waals surface area contributed by atoms with Crippen molar-refractivity contribution in [2.75, 3.05) is 6.54 Å². The molecular formula is C16H15Cl3FN. The molecule has 0 amide bonds. The van der Waals surface area contributed by atoms with E-state index in [1.807, 2.05) is 6.92 Å². The zero-order valence-corrected chi connectivity index (χ0v) is 13.7. The lowest BCUT2D eigenvalue weighted by atomic mass is 9.98. The van der Waals surface area contributed by atoms with Crippen molar-refractivity contribution < 1.29 is 4.39 Å². The quantitative estimate of drug-likeness (QED) is 0.734. The first kappa shape index (κ1) is 16.6. The molecule has 0 heterocycles. The second kappa shape index (κ2) is 7.46. The highest BCUT2D eigenvalue weighted by Gasteiger charge is 2.18. The van der Waals surface area contributed by atoms with E-state index in [0.717, 1.165) is 12.1 Å². The lowest BCUT2D eigenvalue weighted by molar-refractivity contribution is 0.528. The maximum atomic E-state index is 14.0. The minimum absolute atomic E-state index is 0.157. The van der Waals surface area contributed by atoms with Gasteiger partial charge in [-0.3, -0.25) is 0 Å². The van der Waals surface area contributed by atoms with Crippen molar-refractivity contribution in [2.24, 2.45) is 0 Å². The van der Waals surface area contributed by atoms with Crippen LogP contribution in [0.3, 0.4) is 0 Å². The fourth-order valence-corrected chi connectivity index (χ4v) is 2.92. The maximum Gasteiger partial charge on any atom is 0.127 e. The molecule has 0 saturated heterocycles. The van der Waals surface area contributed by atoms with Crippen LogP contribution in [-0.4, -0.2) is 6.54 Å². The fraction of sp³-hybridized carbons (Fsp3) is 0.250. The number of halogens is 4. The number of hydrogen-bond donors (Lipinski definition) is 1. The number of nitrogens with one attached hydrogen (secondary N) is 1. The second-order valence-electron chi connectivity index (χ2n) is 4.68. The summed E-state index contributed by atoms with van der Waals surface area (Å²) in [4.78, 5) is 0. The summed E-state index contributed by atoms with van der Waals surface area (Å²) in [5.41, 5.74) is 1.31. The Balaban J connectivity index is 2.38. The predicted molar refractivity (Wildman–Crippen MR) is 88.0 cm³/mol. The van der Waals surface area contributed by atoms with E-state index in [1.54, 1.807) is 30.3 Å². The average Bonchev–Trinajstić information content (AvgIpc) is 2.44. The first-order valence-corrected chi connectivity index (χ1v) is 7.77. The second-order valence-corrected chi connectivity index (χ2v) is 5.93. The summed E-state index contributed by atoms with van der Waals surface area (Å²) in [7, 11) is 0.